The average Bonchev–Trinajstić information content (AvgIpc) is 2.15. The third-order valence-electron chi connectivity index (χ3n) is 1.67. The van der Waals surface area contributed by atoms with Crippen molar-refractivity contribution < 1.29 is 22.9 Å². The van der Waals surface area contributed by atoms with Gasteiger partial charge in [-0.2, -0.15) is 13.2 Å². The van der Waals surface area contributed by atoms with E-state index in [9.17, 15) is 28.1 Å². The van der Waals surface area contributed by atoms with Crippen LogP contribution >= 0.6 is 11.6 Å². The molecule has 0 unspecified atom stereocenters. The van der Waals surface area contributed by atoms with Crippen LogP contribution in [0.15, 0.2) is 18.2 Å². The molecule has 0 spiro atoms. The molecule has 0 bridgehead atoms. The van der Waals surface area contributed by atoms with E-state index in [0.29, 0.717) is 12.1 Å². The molecule has 0 aliphatic rings. The van der Waals surface area contributed by atoms with Crippen LogP contribution in [0.5, 0.6) is 0 Å². The highest BCUT2D eigenvalue weighted by Crippen LogP contribution is 2.28. The summed E-state index contributed by atoms with van der Waals surface area (Å²) < 4.78 is 36.1. The fourth-order valence-electron chi connectivity index (χ4n) is 0.954. The molecule has 0 N–H and O–H groups in total. The molecule has 1 aromatic rings. The normalized spacial score (nSPS) is 11.2. The second kappa shape index (κ2) is 4.09. The number of nitro benzene ring substituents is 1. The third kappa shape index (κ3) is 2.48. The lowest BCUT2D eigenvalue weighted by atomic mass is 10.1. The first-order chi connectivity index (χ1) is 7.23. The van der Waals surface area contributed by atoms with Crippen molar-refractivity contribution in [3.63, 3.8) is 0 Å². The van der Waals surface area contributed by atoms with E-state index in [4.69, 9.17) is 11.6 Å². The summed E-state index contributed by atoms with van der Waals surface area (Å²) in [7, 11) is 0. The standard InChI is InChI=1S/C8H3ClF3NO3/c9-6-3-4(13(15)16)1-2-5(6)7(14)8(10,11)12/h1-3H. The van der Waals surface area contributed by atoms with Crippen molar-refractivity contribution in [2.45, 2.75) is 6.18 Å². The van der Waals surface area contributed by atoms with E-state index in [-0.39, 0.29) is 0 Å². The zero-order chi connectivity index (χ0) is 12.5. The van der Waals surface area contributed by atoms with Crippen LogP contribution in [0.4, 0.5) is 18.9 Å². The summed E-state index contributed by atoms with van der Waals surface area (Å²) in [5.41, 5.74) is -1.29. The summed E-state index contributed by atoms with van der Waals surface area (Å²) in [5, 5.41) is 9.67. The number of benzene rings is 1. The van der Waals surface area contributed by atoms with Gasteiger partial charge in [-0.3, -0.25) is 14.9 Å². The van der Waals surface area contributed by atoms with E-state index in [1.165, 1.54) is 0 Å². The van der Waals surface area contributed by atoms with Crippen molar-refractivity contribution in [2.24, 2.45) is 0 Å². The number of rotatable bonds is 2. The SMILES string of the molecule is O=C(c1ccc([N+](=O)[O-])cc1Cl)C(F)(F)F. The number of hydrogen-bond acceptors (Lipinski definition) is 3. The van der Waals surface area contributed by atoms with E-state index in [0.717, 1.165) is 6.07 Å². The van der Waals surface area contributed by atoms with Gasteiger partial charge in [-0.15, -0.1) is 0 Å². The van der Waals surface area contributed by atoms with E-state index < -0.39 is 33.2 Å². The molecule has 1 aromatic carbocycles. The molecule has 0 saturated heterocycles. The van der Waals surface area contributed by atoms with Crippen molar-refractivity contribution in [1.29, 1.82) is 0 Å². The number of nitrogens with zero attached hydrogens (tertiary/aromatic N) is 1. The van der Waals surface area contributed by atoms with Crippen molar-refractivity contribution in [3.05, 3.63) is 38.9 Å². The fraction of sp³-hybridized carbons (Fsp3) is 0.125. The smallest absolute Gasteiger partial charge is 0.284 e. The second-order valence-electron chi connectivity index (χ2n) is 2.75. The Kier molecular flexibility index (Phi) is 3.18. The fourth-order valence-corrected chi connectivity index (χ4v) is 1.22. The van der Waals surface area contributed by atoms with Gasteiger partial charge >= 0.3 is 6.18 Å². The molecule has 0 saturated carbocycles. The number of halogens is 4. The number of nitro groups is 1. The lowest BCUT2D eigenvalue weighted by Crippen LogP contribution is -2.23. The van der Waals surface area contributed by atoms with Crippen LogP contribution in [0.1, 0.15) is 10.4 Å². The number of non-ortho nitro benzene ring substituents is 1. The topological polar surface area (TPSA) is 60.2 Å². The summed E-state index contributed by atoms with van der Waals surface area (Å²) in [6.45, 7) is 0. The van der Waals surface area contributed by atoms with Gasteiger partial charge in [0.15, 0.2) is 0 Å². The molecule has 0 heterocycles. The quantitative estimate of drug-likeness (QED) is 0.462. The first-order valence-corrected chi connectivity index (χ1v) is 4.16. The van der Waals surface area contributed by atoms with Gasteiger partial charge < -0.3 is 0 Å². The van der Waals surface area contributed by atoms with Gasteiger partial charge in [0, 0.05) is 17.7 Å². The van der Waals surface area contributed by atoms with Crippen LogP contribution in [0.3, 0.4) is 0 Å². The van der Waals surface area contributed by atoms with Gasteiger partial charge in [-0.25, -0.2) is 0 Å². The van der Waals surface area contributed by atoms with Crippen molar-refractivity contribution in [3.8, 4) is 0 Å². The molecule has 0 atom stereocenters. The van der Waals surface area contributed by atoms with Gasteiger partial charge in [0.2, 0.25) is 0 Å². The molecule has 86 valence electrons. The maximum atomic E-state index is 12.0. The highest BCUT2D eigenvalue weighted by molar-refractivity contribution is 6.34. The monoisotopic (exact) mass is 253 g/mol. The minimum absolute atomic E-state index is 0.483. The minimum atomic E-state index is -5.06. The molecule has 0 aliphatic heterocycles. The summed E-state index contributed by atoms with van der Waals surface area (Å²) in [5.74, 6) is -2.13. The minimum Gasteiger partial charge on any atom is -0.284 e. The molecule has 0 radical (unpaired) electrons. The third-order valence-corrected chi connectivity index (χ3v) is 1.98. The van der Waals surface area contributed by atoms with Gasteiger partial charge in [0.25, 0.3) is 11.5 Å². The van der Waals surface area contributed by atoms with Crippen LogP contribution in [-0.2, 0) is 0 Å². The van der Waals surface area contributed by atoms with E-state index in [1.54, 1.807) is 0 Å². The predicted molar refractivity (Wildman–Crippen MR) is 48.5 cm³/mol. The van der Waals surface area contributed by atoms with Crippen LogP contribution in [-0.4, -0.2) is 16.9 Å². The summed E-state index contributed by atoms with van der Waals surface area (Å²) in [4.78, 5) is 20.2. The summed E-state index contributed by atoms with van der Waals surface area (Å²) in [6, 6.07) is 2.15. The Balaban J connectivity index is 3.19. The molecular formula is C8H3ClF3NO3. The molecular weight excluding hydrogens is 251 g/mol. The maximum absolute atomic E-state index is 12.0. The van der Waals surface area contributed by atoms with E-state index in [2.05, 4.69) is 0 Å². The Morgan fingerprint density at radius 2 is 1.94 bits per heavy atom. The number of hydrogen-bond donors (Lipinski definition) is 0. The Labute approximate surface area is 91.8 Å². The number of carbonyl (C=O) groups excluding carboxylic acids is 1. The first kappa shape index (κ1) is 12.4. The molecule has 8 heteroatoms. The number of Topliss-reactive ketones (excluding diaryl/α,β-unsaturated/α-hetero) is 1. The van der Waals surface area contributed by atoms with Crippen molar-refractivity contribution in [1.82, 2.24) is 0 Å². The van der Waals surface area contributed by atoms with Gasteiger partial charge in [-0.1, -0.05) is 11.6 Å². The second-order valence-corrected chi connectivity index (χ2v) is 3.16. The first-order valence-electron chi connectivity index (χ1n) is 3.79. The molecule has 0 fully saturated rings. The van der Waals surface area contributed by atoms with Crippen LogP contribution < -0.4 is 0 Å². The van der Waals surface area contributed by atoms with Crippen molar-refractivity contribution in [2.75, 3.05) is 0 Å². The highest BCUT2D eigenvalue weighted by Gasteiger charge is 2.40. The Hall–Kier alpha value is -1.63. The molecule has 4 nitrogen and oxygen atoms in total. The largest absolute Gasteiger partial charge is 0.454 e. The zero-order valence-corrected chi connectivity index (χ0v) is 8.17. The van der Waals surface area contributed by atoms with Gasteiger partial charge in [0.1, 0.15) is 0 Å². The van der Waals surface area contributed by atoms with Crippen molar-refractivity contribution >= 4 is 23.1 Å². The zero-order valence-electron chi connectivity index (χ0n) is 7.42. The van der Waals surface area contributed by atoms with Gasteiger partial charge in [0.05, 0.1) is 9.95 Å². The Morgan fingerprint density at radius 3 is 2.31 bits per heavy atom. The van der Waals surface area contributed by atoms with E-state index >= 15 is 0 Å². The molecule has 16 heavy (non-hydrogen) atoms. The number of carbonyl (C=O) groups is 1. The van der Waals surface area contributed by atoms with Gasteiger partial charge in [-0.05, 0) is 6.07 Å². The highest BCUT2D eigenvalue weighted by atomic mass is 35.5. The lowest BCUT2D eigenvalue weighted by molar-refractivity contribution is -0.384. The summed E-state index contributed by atoms with van der Waals surface area (Å²) >= 11 is 5.35. The molecule has 0 aromatic heterocycles. The predicted octanol–water partition coefficient (Wildman–Crippen LogP) is 2.99. The van der Waals surface area contributed by atoms with E-state index in [1.807, 2.05) is 0 Å². The number of alkyl halides is 3. The molecule has 1 rings (SSSR count). The van der Waals surface area contributed by atoms with Crippen LogP contribution in [0, 0.1) is 10.1 Å². The van der Waals surface area contributed by atoms with Crippen LogP contribution in [0.25, 0.3) is 0 Å². The summed E-state index contributed by atoms with van der Waals surface area (Å²) in [6.07, 6.45) is -5.06. The molecule has 0 amide bonds. The molecule has 0 aliphatic carbocycles. The lowest BCUT2D eigenvalue weighted by Gasteiger charge is -2.06. The maximum Gasteiger partial charge on any atom is 0.454 e. The Bertz CT molecular complexity index is 458. The number of ketones is 1. The average molecular weight is 254 g/mol. The Morgan fingerprint density at radius 1 is 1.38 bits per heavy atom. The van der Waals surface area contributed by atoms with Crippen LogP contribution in [0.2, 0.25) is 5.02 Å².